The van der Waals surface area contributed by atoms with Gasteiger partial charge in [0.15, 0.2) is 12.4 Å². The lowest BCUT2D eigenvalue weighted by Crippen LogP contribution is -2.26. The summed E-state index contributed by atoms with van der Waals surface area (Å²) >= 11 is 0. The number of hydrogen-bond donors (Lipinski definition) is 1. The smallest absolute Gasteiger partial charge is 0.339 e. The van der Waals surface area contributed by atoms with E-state index in [1.54, 1.807) is 12.1 Å². The molecule has 1 aliphatic rings. The summed E-state index contributed by atoms with van der Waals surface area (Å²) in [6.07, 6.45) is 2.07. The number of esters is 1. The molecule has 1 aliphatic carbocycles. The van der Waals surface area contributed by atoms with E-state index in [1.165, 1.54) is 6.08 Å². The Hall–Kier alpha value is -2.95. The number of carbonyl (C=O) groups is 3. The van der Waals surface area contributed by atoms with Crippen LogP contribution in [0.4, 0.5) is 0 Å². The van der Waals surface area contributed by atoms with Crippen molar-refractivity contribution >= 4 is 28.5 Å². The van der Waals surface area contributed by atoms with Crippen LogP contribution in [0.1, 0.15) is 23.2 Å². The number of hydrogen-bond acceptors (Lipinski definition) is 4. The Morgan fingerprint density at radius 2 is 1.92 bits per heavy atom. The average molecular weight is 338 g/mol. The van der Waals surface area contributed by atoms with E-state index in [-0.39, 0.29) is 18.6 Å². The van der Waals surface area contributed by atoms with Crippen molar-refractivity contribution in [3.63, 3.8) is 0 Å². The van der Waals surface area contributed by atoms with Gasteiger partial charge in [0.05, 0.1) is 16.9 Å². The quantitative estimate of drug-likeness (QED) is 0.619. The van der Waals surface area contributed by atoms with E-state index in [0.717, 1.165) is 10.8 Å². The second-order valence-electron chi connectivity index (χ2n) is 6.27. The molecule has 2 aromatic carbocycles. The SMILES string of the molecule is C=CCC1(C(=O)COC(=O)c2cccc3ccccc23)CC1C(=O)O. The highest BCUT2D eigenvalue weighted by Crippen LogP contribution is 2.56. The maximum atomic E-state index is 12.4. The van der Waals surface area contributed by atoms with Crippen LogP contribution >= 0.6 is 0 Å². The van der Waals surface area contributed by atoms with E-state index in [4.69, 9.17) is 9.84 Å². The molecule has 2 atom stereocenters. The minimum Gasteiger partial charge on any atom is -0.481 e. The van der Waals surface area contributed by atoms with Gasteiger partial charge in [-0.15, -0.1) is 6.58 Å². The van der Waals surface area contributed by atoms with Crippen molar-refractivity contribution in [2.45, 2.75) is 12.8 Å². The van der Waals surface area contributed by atoms with Crippen molar-refractivity contribution in [1.29, 1.82) is 0 Å². The van der Waals surface area contributed by atoms with Gasteiger partial charge in [0.2, 0.25) is 0 Å². The van der Waals surface area contributed by atoms with Crippen LogP contribution in [-0.4, -0.2) is 29.4 Å². The zero-order valence-corrected chi connectivity index (χ0v) is 13.6. The zero-order valence-electron chi connectivity index (χ0n) is 13.6. The summed E-state index contributed by atoms with van der Waals surface area (Å²) in [4.78, 5) is 36.0. The molecule has 0 aromatic heterocycles. The van der Waals surface area contributed by atoms with Crippen LogP contribution < -0.4 is 0 Å². The van der Waals surface area contributed by atoms with E-state index in [2.05, 4.69) is 6.58 Å². The van der Waals surface area contributed by atoms with Crippen LogP contribution in [0.3, 0.4) is 0 Å². The molecule has 0 radical (unpaired) electrons. The normalized spacial score (nSPS) is 21.5. The number of ether oxygens (including phenoxy) is 1. The Morgan fingerprint density at radius 3 is 2.60 bits per heavy atom. The fourth-order valence-electron chi connectivity index (χ4n) is 3.29. The lowest BCUT2D eigenvalue weighted by atomic mass is 9.94. The van der Waals surface area contributed by atoms with Crippen LogP contribution in [0.5, 0.6) is 0 Å². The van der Waals surface area contributed by atoms with Crippen LogP contribution in [0, 0.1) is 11.3 Å². The molecule has 0 heterocycles. The number of carboxylic acids is 1. The fourth-order valence-corrected chi connectivity index (χ4v) is 3.29. The molecule has 25 heavy (non-hydrogen) atoms. The molecule has 2 unspecified atom stereocenters. The minimum absolute atomic E-state index is 0.263. The third-order valence-electron chi connectivity index (χ3n) is 4.78. The molecule has 1 fully saturated rings. The average Bonchev–Trinajstić information content (AvgIpc) is 3.35. The molecule has 0 bridgehead atoms. The van der Waals surface area contributed by atoms with Gasteiger partial charge >= 0.3 is 11.9 Å². The number of ketones is 1. The minimum atomic E-state index is -1.00. The molecular weight excluding hydrogens is 320 g/mol. The number of fused-ring (bicyclic) bond motifs is 1. The van der Waals surface area contributed by atoms with Crippen LogP contribution in [0.2, 0.25) is 0 Å². The van der Waals surface area contributed by atoms with Gasteiger partial charge in [0, 0.05) is 0 Å². The van der Waals surface area contributed by atoms with E-state index in [0.29, 0.717) is 5.56 Å². The van der Waals surface area contributed by atoms with Gasteiger partial charge in [-0.3, -0.25) is 9.59 Å². The topological polar surface area (TPSA) is 80.7 Å². The standard InChI is InChI=1S/C20H18O5/c1-2-10-20(11-16(20)18(22)23)17(21)12-25-19(24)15-9-5-7-13-6-3-4-8-14(13)15/h2-9,16H,1,10-12H2,(H,22,23). The summed E-state index contributed by atoms with van der Waals surface area (Å²) < 4.78 is 5.18. The highest BCUT2D eigenvalue weighted by atomic mass is 16.5. The number of Topliss-reactive ketones (excluding diaryl/α,β-unsaturated/α-hetero) is 1. The second kappa shape index (κ2) is 6.51. The van der Waals surface area contributed by atoms with Crippen LogP contribution in [0.15, 0.2) is 55.1 Å². The number of carbonyl (C=O) groups excluding carboxylic acids is 2. The molecule has 128 valence electrons. The predicted octanol–water partition coefficient (Wildman–Crippen LogP) is 3.23. The number of aliphatic carboxylic acids is 1. The number of allylic oxidation sites excluding steroid dienone is 1. The van der Waals surface area contributed by atoms with Gasteiger partial charge in [0.25, 0.3) is 0 Å². The number of rotatable bonds is 7. The van der Waals surface area contributed by atoms with E-state index in [1.807, 2.05) is 30.3 Å². The van der Waals surface area contributed by atoms with Gasteiger partial charge in [0.1, 0.15) is 0 Å². The molecule has 5 heteroatoms. The largest absolute Gasteiger partial charge is 0.481 e. The van der Waals surface area contributed by atoms with Crippen LogP contribution in [0.25, 0.3) is 10.8 Å². The molecule has 1 N–H and O–H groups in total. The van der Waals surface area contributed by atoms with E-state index < -0.39 is 29.9 Å². The molecule has 0 aliphatic heterocycles. The third-order valence-corrected chi connectivity index (χ3v) is 4.78. The maximum Gasteiger partial charge on any atom is 0.339 e. The lowest BCUT2D eigenvalue weighted by molar-refractivity contribution is -0.142. The molecule has 0 saturated heterocycles. The van der Waals surface area contributed by atoms with Gasteiger partial charge in [-0.25, -0.2) is 4.79 Å². The van der Waals surface area contributed by atoms with Crippen molar-refractivity contribution < 1.29 is 24.2 Å². The number of benzene rings is 2. The van der Waals surface area contributed by atoms with Crippen molar-refractivity contribution in [2.75, 3.05) is 6.61 Å². The third kappa shape index (κ3) is 3.05. The first-order valence-electron chi connectivity index (χ1n) is 8.01. The summed E-state index contributed by atoms with van der Waals surface area (Å²) in [5.74, 6) is -2.69. The van der Waals surface area contributed by atoms with Crippen molar-refractivity contribution in [1.82, 2.24) is 0 Å². The fraction of sp³-hybridized carbons (Fsp3) is 0.250. The molecule has 0 amide bonds. The highest BCUT2D eigenvalue weighted by molar-refractivity contribution is 6.05. The Morgan fingerprint density at radius 1 is 1.20 bits per heavy atom. The van der Waals surface area contributed by atoms with Crippen molar-refractivity contribution in [2.24, 2.45) is 11.3 Å². The van der Waals surface area contributed by atoms with E-state index >= 15 is 0 Å². The maximum absolute atomic E-state index is 12.4. The Bertz CT molecular complexity index is 864. The summed E-state index contributed by atoms with van der Waals surface area (Å²) in [7, 11) is 0. The second-order valence-corrected chi connectivity index (χ2v) is 6.27. The summed E-state index contributed by atoms with van der Waals surface area (Å²) in [6.45, 7) is 3.16. The molecular formula is C20H18O5. The first-order valence-corrected chi connectivity index (χ1v) is 8.01. The first-order chi connectivity index (χ1) is 12.0. The lowest BCUT2D eigenvalue weighted by Gasteiger charge is -2.13. The molecule has 0 spiro atoms. The number of carboxylic acid groups (broad SMARTS) is 1. The van der Waals surface area contributed by atoms with Gasteiger partial charge in [-0.1, -0.05) is 42.5 Å². The Kier molecular flexibility index (Phi) is 4.40. The predicted molar refractivity (Wildman–Crippen MR) is 92.2 cm³/mol. The van der Waals surface area contributed by atoms with Crippen molar-refractivity contribution in [3.8, 4) is 0 Å². The summed E-state index contributed by atoms with van der Waals surface area (Å²) in [5.41, 5.74) is -0.596. The highest BCUT2D eigenvalue weighted by Gasteiger charge is 2.62. The van der Waals surface area contributed by atoms with Gasteiger partial charge in [-0.05, 0) is 29.7 Å². The summed E-state index contributed by atoms with van der Waals surface area (Å²) in [5, 5.41) is 10.8. The van der Waals surface area contributed by atoms with Gasteiger partial charge < -0.3 is 9.84 Å². The molecule has 3 rings (SSSR count). The monoisotopic (exact) mass is 338 g/mol. The van der Waals surface area contributed by atoms with Gasteiger partial charge in [-0.2, -0.15) is 0 Å². The Labute approximate surface area is 144 Å². The molecule has 1 saturated carbocycles. The summed E-state index contributed by atoms with van der Waals surface area (Å²) in [6, 6.07) is 12.7. The van der Waals surface area contributed by atoms with Crippen molar-refractivity contribution in [3.05, 3.63) is 60.7 Å². The zero-order chi connectivity index (χ0) is 18.0. The Balaban J connectivity index is 1.73. The molecule has 2 aromatic rings. The first kappa shape index (κ1) is 16.9. The van der Waals surface area contributed by atoms with Crippen LogP contribution in [-0.2, 0) is 14.3 Å². The molecule has 5 nitrogen and oxygen atoms in total. The van der Waals surface area contributed by atoms with E-state index in [9.17, 15) is 14.4 Å².